The number of phenols is 2. The Hall–Kier alpha value is -1.71. The molecule has 4 nitrogen and oxygen atoms in total. The number of hydrogen-bond acceptors (Lipinski definition) is 3. The molecule has 0 aromatic heterocycles. The van der Waals surface area contributed by atoms with Crippen molar-refractivity contribution in [3.05, 3.63) is 23.8 Å². The van der Waals surface area contributed by atoms with Gasteiger partial charge in [-0.3, -0.25) is 4.79 Å². The highest BCUT2D eigenvalue weighted by Crippen LogP contribution is 2.44. The second kappa shape index (κ2) is 4.19. The molecule has 96 valence electrons. The molecule has 2 aliphatic carbocycles. The summed E-state index contributed by atoms with van der Waals surface area (Å²) in [6.45, 7) is 0. The maximum absolute atomic E-state index is 12.0. The molecule has 4 heteroatoms. The summed E-state index contributed by atoms with van der Waals surface area (Å²) in [4.78, 5) is 12.0. The van der Waals surface area contributed by atoms with Crippen molar-refractivity contribution in [3.8, 4) is 11.5 Å². The van der Waals surface area contributed by atoms with Crippen molar-refractivity contribution in [2.45, 2.75) is 31.7 Å². The van der Waals surface area contributed by atoms with Crippen LogP contribution in [0, 0.1) is 11.8 Å². The molecule has 0 spiro atoms. The summed E-state index contributed by atoms with van der Waals surface area (Å²) in [5.74, 6) is 0.795. The van der Waals surface area contributed by atoms with Crippen molar-refractivity contribution in [3.63, 3.8) is 0 Å². The number of amides is 1. The molecular weight excluding hydrogens is 230 g/mol. The lowest BCUT2D eigenvalue weighted by Crippen LogP contribution is -2.38. The van der Waals surface area contributed by atoms with Crippen LogP contribution in [0.25, 0.3) is 0 Å². The van der Waals surface area contributed by atoms with Gasteiger partial charge in [0.15, 0.2) is 11.5 Å². The first-order valence-corrected chi connectivity index (χ1v) is 6.46. The van der Waals surface area contributed by atoms with Gasteiger partial charge >= 0.3 is 0 Å². The van der Waals surface area contributed by atoms with Crippen LogP contribution in [0.5, 0.6) is 11.5 Å². The van der Waals surface area contributed by atoms with Crippen molar-refractivity contribution >= 4 is 5.91 Å². The predicted octanol–water partition coefficient (Wildman–Crippen LogP) is 2.02. The minimum absolute atomic E-state index is 0.164. The molecule has 2 saturated carbocycles. The van der Waals surface area contributed by atoms with Crippen LogP contribution in [0.4, 0.5) is 0 Å². The van der Waals surface area contributed by atoms with Crippen LogP contribution < -0.4 is 5.32 Å². The van der Waals surface area contributed by atoms with Crippen molar-refractivity contribution in [2.24, 2.45) is 11.8 Å². The van der Waals surface area contributed by atoms with E-state index in [4.69, 9.17) is 0 Å². The van der Waals surface area contributed by atoms with Crippen LogP contribution >= 0.6 is 0 Å². The molecule has 0 saturated heterocycles. The van der Waals surface area contributed by atoms with E-state index >= 15 is 0 Å². The van der Waals surface area contributed by atoms with Crippen LogP contribution in [0.3, 0.4) is 0 Å². The molecule has 1 amide bonds. The van der Waals surface area contributed by atoms with Crippen LogP contribution in [0.1, 0.15) is 36.0 Å². The van der Waals surface area contributed by atoms with Crippen LogP contribution in [-0.2, 0) is 0 Å². The van der Waals surface area contributed by atoms with Crippen molar-refractivity contribution in [2.75, 3.05) is 0 Å². The fraction of sp³-hybridized carbons (Fsp3) is 0.500. The molecule has 3 rings (SSSR count). The third-order valence-electron chi connectivity index (χ3n) is 4.29. The molecule has 1 aromatic rings. The summed E-state index contributed by atoms with van der Waals surface area (Å²) in [5.41, 5.74) is 0.396. The lowest BCUT2D eigenvalue weighted by Gasteiger charge is -2.22. The van der Waals surface area contributed by atoms with Gasteiger partial charge in [-0.05, 0) is 49.3 Å². The van der Waals surface area contributed by atoms with Crippen LogP contribution in [0.15, 0.2) is 18.2 Å². The second-order valence-electron chi connectivity index (χ2n) is 5.46. The largest absolute Gasteiger partial charge is 0.504 e. The van der Waals surface area contributed by atoms with E-state index in [-0.39, 0.29) is 23.4 Å². The van der Waals surface area contributed by atoms with Gasteiger partial charge in [0, 0.05) is 11.6 Å². The van der Waals surface area contributed by atoms with Gasteiger partial charge in [-0.15, -0.1) is 0 Å². The summed E-state index contributed by atoms with van der Waals surface area (Å²) >= 11 is 0. The van der Waals surface area contributed by atoms with Gasteiger partial charge in [0.05, 0.1) is 0 Å². The van der Waals surface area contributed by atoms with Crippen molar-refractivity contribution in [1.29, 1.82) is 0 Å². The van der Waals surface area contributed by atoms with E-state index < -0.39 is 0 Å². The first kappa shape index (κ1) is 11.4. The van der Waals surface area contributed by atoms with Gasteiger partial charge in [-0.25, -0.2) is 0 Å². The summed E-state index contributed by atoms with van der Waals surface area (Å²) in [6, 6.07) is 4.45. The van der Waals surface area contributed by atoms with Gasteiger partial charge in [-0.1, -0.05) is 6.42 Å². The third-order valence-corrected chi connectivity index (χ3v) is 4.29. The maximum atomic E-state index is 12.0. The Kier molecular flexibility index (Phi) is 2.65. The number of rotatable bonds is 2. The molecule has 3 atom stereocenters. The lowest BCUT2D eigenvalue weighted by molar-refractivity contribution is 0.0922. The topological polar surface area (TPSA) is 69.6 Å². The van der Waals surface area contributed by atoms with E-state index in [2.05, 4.69) is 5.32 Å². The Morgan fingerprint density at radius 1 is 1.17 bits per heavy atom. The third kappa shape index (κ3) is 1.92. The number of phenolic OH excluding ortho intramolecular Hbond substituents is 2. The van der Waals surface area contributed by atoms with E-state index in [0.29, 0.717) is 11.5 Å². The molecule has 0 radical (unpaired) electrons. The molecule has 0 aliphatic heterocycles. The molecule has 2 fully saturated rings. The summed E-state index contributed by atoms with van der Waals surface area (Å²) < 4.78 is 0. The number of hydrogen-bond donors (Lipinski definition) is 3. The number of carbonyl (C=O) groups is 1. The number of aromatic hydroxyl groups is 2. The van der Waals surface area contributed by atoms with E-state index in [9.17, 15) is 15.0 Å². The Balaban J connectivity index is 1.69. The highest BCUT2D eigenvalue weighted by molar-refractivity contribution is 5.95. The molecule has 2 bridgehead atoms. The Morgan fingerprint density at radius 2 is 2.00 bits per heavy atom. The van der Waals surface area contributed by atoms with E-state index in [1.165, 1.54) is 37.5 Å². The Morgan fingerprint density at radius 3 is 2.61 bits per heavy atom. The minimum atomic E-state index is -0.254. The molecule has 3 unspecified atom stereocenters. The number of benzene rings is 1. The maximum Gasteiger partial charge on any atom is 0.251 e. The van der Waals surface area contributed by atoms with E-state index in [0.717, 1.165) is 12.3 Å². The Bertz CT molecular complexity index is 486. The fourth-order valence-electron chi connectivity index (χ4n) is 3.34. The summed E-state index contributed by atoms with van der Waals surface area (Å²) in [7, 11) is 0. The average Bonchev–Trinajstić information content (AvgIpc) is 2.94. The minimum Gasteiger partial charge on any atom is -0.504 e. The van der Waals surface area contributed by atoms with Crippen LogP contribution in [-0.4, -0.2) is 22.2 Å². The fourth-order valence-corrected chi connectivity index (χ4v) is 3.34. The number of fused-ring (bicyclic) bond motifs is 2. The summed E-state index contributed by atoms with van der Waals surface area (Å²) in [6.07, 6.45) is 4.85. The van der Waals surface area contributed by atoms with Gasteiger partial charge in [-0.2, -0.15) is 0 Å². The standard InChI is InChI=1S/C14H17NO3/c16-12-4-3-10(7-13(12)17)14(18)15-11-6-8-1-2-9(11)5-8/h3-4,7-9,11,16-17H,1-2,5-6H2,(H,15,18). The zero-order chi connectivity index (χ0) is 12.7. The Labute approximate surface area is 106 Å². The lowest BCUT2D eigenvalue weighted by atomic mass is 9.95. The average molecular weight is 247 g/mol. The zero-order valence-corrected chi connectivity index (χ0v) is 10.1. The molecule has 3 N–H and O–H groups in total. The molecule has 18 heavy (non-hydrogen) atoms. The van der Waals surface area contributed by atoms with Gasteiger partial charge in [0.25, 0.3) is 5.91 Å². The van der Waals surface area contributed by atoms with Gasteiger partial charge in [0.2, 0.25) is 0 Å². The molecule has 1 aromatic carbocycles. The molecule has 2 aliphatic rings. The van der Waals surface area contributed by atoms with Crippen LogP contribution in [0.2, 0.25) is 0 Å². The quantitative estimate of drug-likeness (QED) is 0.700. The first-order chi connectivity index (χ1) is 8.63. The zero-order valence-electron chi connectivity index (χ0n) is 10.1. The predicted molar refractivity (Wildman–Crippen MR) is 66.5 cm³/mol. The number of nitrogens with one attached hydrogen (secondary N) is 1. The van der Waals surface area contributed by atoms with Crippen molar-refractivity contribution < 1.29 is 15.0 Å². The van der Waals surface area contributed by atoms with Gasteiger partial charge in [0.1, 0.15) is 0 Å². The first-order valence-electron chi connectivity index (χ1n) is 6.46. The summed E-state index contributed by atoms with van der Waals surface area (Å²) in [5, 5.41) is 21.6. The molecular formula is C14H17NO3. The smallest absolute Gasteiger partial charge is 0.251 e. The van der Waals surface area contributed by atoms with E-state index in [1.54, 1.807) is 0 Å². The van der Waals surface area contributed by atoms with E-state index in [1.807, 2.05) is 0 Å². The normalized spacial score (nSPS) is 29.4. The number of carbonyl (C=O) groups excluding carboxylic acids is 1. The molecule has 0 heterocycles. The highest BCUT2D eigenvalue weighted by Gasteiger charge is 2.40. The SMILES string of the molecule is O=C(NC1CC2CCC1C2)c1ccc(O)c(O)c1. The van der Waals surface area contributed by atoms with Gasteiger partial charge < -0.3 is 15.5 Å². The highest BCUT2D eigenvalue weighted by atomic mass is 16.3. The monoisotopic (exact) mass is 247 g/mol. The van der Waals surface area contributed by atoms with Crippen molar-refractivity contribution in [1.82, 2.24) is 5.32 Å². The second-order valence-corrected chi connectivity index (χ2v) is 5.46.